The lowest BCUT2D eigenvalue weighted by molar-refractivity contribution is -0.138. The number of carboxylic acid groups (broad SMARTS) is 1. The number of carboxylic acids is 1. The molecule has 0 aliphatic carbocycles. The summed E-state index contributed by atoms with van der Waals surface area (Å²) in [6.45, 7) is 10.9. The van der Waals surface area contributed by atoms with Crippen LogP contribution in [0.1, 0.15) is 47.5 Å². The van der Waals surface area contributed by atoms with E-state index in [2.05, 4.69) is 33.0 Å². The van der Waals surface area contributed by atoms with E-state index in [1.165, 1.54) is 0 Å². The summed E-state index contributed by atoms with van der Waals surface area (Å²) >= 11 is 0. The van der Waals surface area contributed by atoms with Gasteiger partial charge in [0.15, 0.2) is 0 Å². The quantitative estimate of drug-likeness (QED) is 0.752. The van der Waals surface area contributed by atoms with Crippen LogP contribution in [-0.4, -0.2) is 23.5 Å². The maximum Gasteiger partial charge on any atom is 0.303 e. The summed E-state index contributed by atoms with van der Waals surface area (Å²) in [5.41, 5.74) is 0.167. The first-order valence-corrected chi connectivity index (χ1v) is 6.11. The maximum atomic E-state index is 11.6. The molecule has 0 aliphatic heterocycles. The van der Waals surface area contributed by atoms with Gasteiger partial charge in [-0.25, -0.2) is 0 Å². The van der Waals surface area contributed by atoms with Crippen LogP contribution in [-0.2, 0) is 9.59 Å². The highest BCUT2D eigenvalue weighted by molar-refractivity contribution is 5.77. The van der Waals surface area contributed by atoms with Gasteiger partial charge >= 0.3 is 5.97 Å². The molecule has 0 spiro atoms. The van der Waals surface area contributed by atoms with Crippen molar-refractivity contribution >= 4 is 11.9 Å². The van der Waals surface area contributed by atoms with Gasteiger partial charge in [0.2, 0.25) is 5.91 Å². The fourth-order valence-corrected chi connectivity index (χ4v) is 1.33. The minimum Gasteiger partial charge on any atom is -0.481 e. The highest BCUT2D eigenvalue weighted by Gasteiger charge is 2.20. The van der Waals surface area contributed by atoms with Crippen LogP contribution in [0.2, 0.25) is 0 Å². The summed E-state index contributed by atoms with van der Waals surface area (Å²) in [6, 6.07) is 0. The molecular weight excluding hydrogens is 218 g/mol. The zero-order chi connectivity index (χ0) is 13.6. The van der Waals surface area contributed by atoms with E-state index in [1.54, 1.807) is 6.92 Å². The SMILES string of the molecule is CC(CC(=O)O)CC(=O)NCC(C)C(C)(C)C. The van der Waals surface area contributed by atoms with Gasteiger partial charge in [0.25, 0.3) is 0 Å². The van der Waals surface area contributed by atoms with Crippen molar-refractivity contribution in [1.82, 2.24) is 5.32 Å². The lowest BCUT2D eigenvalue weighted by atomic mass is 9.82. The zero-order valence-electron chi connectivity index (χ0n) is 11.5. The predicted octanol–water partition coefficient (Wildman–Crippen LogP) is 2.29. The summed E-state index contributed by atoms with van der Waals surface area (Å²) in [7, 11) is 0. The molecule has 17 heavy (non-hydrogen) atoms. The van der Waals surface area contributed by atoms with E-state index >= 15 is 0 Å². The average Bonchev–Trinajstić information content (AvgIpc) is 2.10. The first-order chi connectivity index (χ1) is 7.62. The number of carbonyl (C=O) groups is 2. The molecule has 4 heteroatoms. The highest BCUT2D eigenvalue weighted by Crippen LogP contribution is 2.24. The summed E-state index contributed by atoms with van der Waals surface area (Å²) in [5.74, 6) is -0.637. The van der Waals surface area contributed by atoms with E-state index in [9.17, 15) is 9.59 Å². The number of carbonyl (C=O) groups excluding carboxylic acids is 1. The van der Waals surface area contributed by atoms with Crippen molar-refractivity contribution in [2.75, 3.05) is 6.54 Å². The van der Waals surface area contributed by atoms with Crippen molar-refractivity contribution in [3.05, 3.63) is 0 Å². The fraction of sp³-hybridized carbons (Fsp3) is 0.846. The second-order valence-corrected chi connectivity index (χ2v) is 5.98. The molecule has 0 rings (SSSR count). The van der Waals surface area contributed by atoms with E-state index in [-0.39, 0.29) is 30.1 Å². The summed E-state index contributed by atoms with van der Waals surface area (Å²) in [6.07, 6.45) is 0.325. The Morgan fingerprint density at radius 2 is 1.71 bits per heavy atom. The Morgan fingerprint density at radius 3 is 2.12 bits per heavy atom. The maximum absolute atomic E-state index is 11.6. The van der Waals surface area contributed by atoms with Crippen molar-refractivity contribution in [3.63, 3.8) is 0 Å². The van der Waals surface area contributed by atoms with Crippen LogP contribution >= 0.6 is 0 Å². The van der Waals surface area contributed by atoms with Gasteiger partial charge in [-0.3, -0.25) is 9.59 Å². The first kappa shape index (κ1) is 15.9. The van der Waals surface area contributed by atoms with Crippen molar-refractivity contribution in [3.8, 4) is 0 Å². The van der Waals surface area contributed by atoms with Crippen molar-refractivity contribution < 1.29 is 14.7 Å². The molecule has 0 bridgehead atoms. The summed E-state index contributed by atoms with van der Waals surface area (Å²) < 4.78 is 0. The molecule has 1 amide bonds. The predicted molar refractivity (Wildman–Crippen MR) is 67.7 cm³/mol. The Bertz CT molecular complexity index is 268. The molecule has 2 N–H and O–H groups in total. The van der Waals surface area contributed by atoms with Crippen molar-refractivity contribution in [2.24, 2.45) is 17.3 Å². The molecule has 0 radical (unpaired) electrons. The topological polar surface area (TPSA) is 66.4 Å². The molecular formula is C13H25NO3. The second kappa shape index (κ2) is 6.62. The molecule has 2 atom stereocenters. The molecule has 100 valence electrons. The van der Waals surface area contributed by atoms with Crippen LogP contribution in [0.4, 0.5) is 0 Å². The average molecular weight is 243 g/mol. The Labute approximate surface area is 104 Å². The highest BCUT2D eigenvalue weighted by atomic mass is 16.4. The van der Waals surface area contributed by atoms with Crippen LogP contribution in [0.5, 0.6) is 0 Å². The van der Waals surface area contributed by atoms with Gasteiger partial charge in [-0.15, -0.1) is 0 Å². The first-order valence-electron chi connectivity index (χ1n) is 6.11. The third-order valence-electron chi connectivity index (χ3n) is 3.14. The van der Waals surface area contributed by atoms with E-state index in [0.717, 1.165) is 0 Å². The Balaban J connectivity index is 3.92. The fourth-order valence-electron chi connectivity index (χ4n) is 1.33. The van der Waals surface area contributed by atoms with E-state index in [1.807, 2.05) is 0 Å². The van der Waals surface area contributed by atoms with Gasteiger partial charge in [0.05, 0.1) is 0 Å². The number of amides is 1. The van der Waals surface area contributed by atoms with Gasteiger partial charge in [-0.2, -0.15) is 0 Å². The molecule has 4 nitrogen and oxygen atoms in total. The number of aliphatic carboxylic acids is 1. The lowest BCUT2D eigenvalue weighted by Gasteiger charge is -2.27. The third-order valence-corrected chi connectivity index (χ3v) is 3.14. The summed E-state index contributed by atoms with van der Waals surface area (Å²) in [5, 5.41) is 11.5. The Morgan fingerprint density at radius 1 is 1.18 bits per heavy atom. The number of nitrogens with one attached hydrogen (secondary N) is 1. The van der Waals surface area contributed by atoms with Gasteiger partial charge in [0.1, 0.15) is 0 Å². The Hall–Kier alpha value is -1.06. The molecule has 2 unspecified atom stereocenters. The van der Waals surface area contributed by atoms with Crippen LogP contribution < -0.4 is 5.32 Å². The number of rotatable bonds is 6. The van der Waals surface area contributed by atoms with Crippen molar-refractivity contribution in [1.29, 1.82) is 0 Å². The van der Waals surface area contributed by atoms with E-state index in [0.29, 0.717) is 12.5 Å². The molecule has 0 aliphatic rings. The largest absolute Gasteiger partial charge is 0.481 e. The molecule has 0 aromatic heterocycles. The minimum atomic E-state index is -0.853. The van der Waals surface area contributed by atoms with E-state index in [4.69, 9.17) is 5.11 Å². The van der Waals surface area contributed by atoms with Gasteiger partial charge in [0, 0.05) is 19.4 Å². The Kier molecular flexibility index (Phi) is 6.21. The lowest BCUT2D eigenvalue weighted by Crippen LogP contribution is -2.34. The number of hydrogen-bond donors (Lipinski definition) is 2. The molecule has 0 aromatic rings. The molecule has 0 heterocycles. The normalized spacial score (nSPS) is 15.1. The van der Waals surface area contributed by atoms with Gasteiger partial charge in [-0.1, -0.05) is 34.6 Å². The van der Waals surface area contributed by atoms with Crippen LogP contribution in [0.15, 0.2) is 0 Å². The third kappa shape index (κ3) is 7.77. The van der Waals surface area contributed by atoms with Crippen LogP contribution in [0, 0.1) is 17.3 Å². The van der Waals surface area contributed by atoms with Gasteiger partial charge < -0.3 is 10.4 Å². The molecule has 0 saturated heterocycles. The van der Waals surface area contributed by atoms with Crippen LogP contribution in [0.25, 0.3) is 0 Å². The van der Waals surface area contributed by atoms with Crippen LogP contribution in [0.3, 0.4) is 0 Å². The monoisotopic (exact) mass is 243 g/mol. The standard InChI is InChI=1S/C13H25NO3/c1-9(7-12(16)17)6-11(15)14-8-10(2)13(3,4)5/h9-10H,6-8H2,1-5H3,(H,14,15)(H,16,17). The van der Waals surface area contributed by atoms with Crippen molar-refractivity contribution in [2.45, 2.75) is 47.5 Å². The minimum absolute atomic E-state index is 0.0439. The molecule has 0 aromatic carbocycles. The number of hydrogen-bond acceptors (Lipinski definition) is 2. The zero-order valence-corrected chi connectivity index (χ0v) is 11.5. The molecule has 0 saturated carbocycles. The smallest absolute Gasteiger partial charge is 0.303 e. The second-order valence-electron chi connectivity index (χ2n) is 5.98. The summed E-state index contributed by atoms with van der Waals surface area (Å²) in [4.78, 5) is 22.0. The van der Waals surface area contributed by atoms with E-state index < -0.39 is 5.97 Å². The van der Waals surface area contributed by atoms with Gasteiger partial charge in [-0.05, 0) is 17.3 Å². The molecule has 0 fully saturated rings.